The molecule has 10 heteroatoms. The van der Waals surface area contributed by atoms with Crippen LogP contribution in [0.3, 0.4) is 0 Å². The molecular weight excluding hydrogens is 433 g/mol. The van der Waals surface area contributed by atoms with Crippen molar-refractivity contribution in [2.45, 2.75) is 24.7 Å². The number of amides is 2. The number of carbonyl (C=O) groups is 2. The molecule has 0 radical (unpaired) electrons. The molecule has 2 N–H and O–H groups in total. The van der Waals surface area contributed by atoms with Gasteiger partial charge < -0.3 is 10.6 Å². The Hall–Kier alpha value is -2.49. The van der Waals surface area contributed by atoms with Crippen LogP contribution in [0.5, 0.6) is 0 Å². The summed E-state index contributed by atoms with van der Waals surface area (Å²) in [6.07, 6.45) is 0.730. The molecule has 3 rings (SSSR count). The fraction of sp³-hybridized carbons (Fsp3) is 0.300. The summed E-state index contributed by atoms with van der Waals surface area (Å²) in [6.45, 7) is 1.76. The van der Waals surface area contributed by atoms with Crippen LogP contribution >= 0.6 is 11.6 Å². The van der Waals surface area contributed by atoms with Gasteiger partial charge in [0, 0.05) is 37.3 Å². The van der Waals surface area contributed by atoms with Crippen molar-refractivity contribution in [1.29, 1.82) is 0 Å². The molecule has 0 aliphatic carbocycles. The van der Waals surface area contributed by atoms with Gasteiger partial charge in [0.2, 0.25) is 21.8 Å². The van der Waals surface area contributed by atoms with Gasteiger partial charge in [0.15, 0.2) is 0 Å². The van der Waals surface area contributed by atoms with E-state index in [0.29, 0.717) is 24.2 Å². The molecule has 2 amide bonds. The van der Waals surface area contributed by atoms with Crippen LogP contribution in [0, 0.1) is 11.7 Å². The first-order chi connectivity index (χ1) is 14.2. The Bertz CT molecular complexity index is 1050. The van der Waals surface area contributed by atoms with E-state index in [1.54, 1.807) is 24.3 Å². The number of rotatable bonds is 5. The lowest BCUT2D eigenvalue weighted by molar-refractivity contribution is -0.121. The van der Waals surface area contributed by atoms with Crippen LogP contribution in [0.15, 0.2) is 47.4 Å². The summed E-state index contributed by atoms with van der Waals surface area (Å²) < 4.78 is 40.1. The standard InChI is InChI=1S/C20H21ClFN3O4S/c1-13(26)23-15-2-4-16(5-3-15)24-20(27)14-8-10-25(11-9-14)30(28,29)17-6-7-19(22)18(21)12-17/h2-7,12,14H,8-11H2,1H3,(H,23,26)(H,24,27). The van der Waals surface area contributed by atoms with Crippen LogP contribution in [0.25, 0.3) is 0 Å². The zero-order valence-electron chi connectivity index (χ0n) is 16.2. The zero-order valence-corrected chi connectivity index (χ0v) is 17.8. The van der Waals surface area contributed by atoms with E-state index in [0.717, 1.165) is 12.1 Å². The molecular formula is C20H21ClFN3O4S. The maximum absolute atomic E-state index is 13.3. The average Bonchev–Trinajstić information content (AvgIpc) is 2.71. The fourth-order valence-corrected chi connectivity index (χ4v) is 4.97. The highest BCUT2D eigenvalue weighted by molar-refractivity contribution is 7.89. The molecule has 0 aromatic heterocycles. The lowest BCUT2D eigenvalue weighted by atomic mass is 9.97. The van der Waals surface area contributed by atoms with Crippen LogP contribution in [0.1, 0.15) is 19.8 Å². The van der Waals surface area contributed by atoms with E-state index >= 15 is 0 Å². The minimum absolute atomic E-state index is 0.0731. The molecule has 30 heavy (non-hydrogen) atoms. The molecule has 1 aliphatic rings. The third-order valence-corrected chi connectivity index (χ3v) is 7.01. The van der Waals surface area contributed by atoms with E-state index in [-0.39, 0.29) is 40.7 Å². The maximum Gasteiger partial charge on any atom is 0.243 e. The van der Waals surface area contributed by atoms with Crippen molar-refractivity contribution in [2.24, 2.45) is 5.92 Å². The summed E-state index contributed by atoms with van der Waals surface area (Å²) in [5.41, 5.74) is 1.21. The van der Waals surface area contributed by atoms with E-state index < -0.39 is 15.8 Å². The summed E-state index contributed by atoms with van der Waals surface area (Å²) in [6, 6.07) is 10.0. The van der Waals surface area contributed by atoms with Crippen molar-refractivity contribution in [2.75, 3.05) is 23.7 Å². The minimum Gasteiger partial charge on any atom is -0.326 e. The summed E-state index contributed by atoms with van der Waals surface area (Å²) in [5.74, 6) is -1.39. The van der Waals surface area contributed by atoms with Crippen LogP contribution in [0.2, 0.25) is 5.02 Å². The Morgan fingerprint density at radius 3 is 2.13 bits per heavy atom. The summed E-state index contributed by atoms with van der Waals surface area (Å²) in [4.78, 5) is 23.5. The van der Waals surface area contributed by atoms with Crippen molar-refractivity contribution in [3.8, 4) is 0 Å². The number of nitrogens with one attached hydrogen (secondary N) is 2. The summed E-state index contributed by atoms with van der Waals surface area (Å²) >= 11 is 5.70. The van der Waals surface area contributed by atoms with Gasteiger partial charge in [-0.05, 0) is 55.3 Å². The van der Waals surface area contributed by atoms with Crippen molar-refractivity contribution in [3.05, 3.63) is 53.3 Å². The quantitative estimate of drug-likeness (QED) is 0.724. The van der Waals surface area contributed by atoms with Crippen molar-refractivity contribution < 1.29 is 22.4 Å². The van der Waals surface area contributed by atoms with E-state index in [9.17, 15) is 22.4 Å². The maximum atomic E-state index is 13.3. The van der Waals surface area contributed by atoms with Gasteiger partial charge in [0.25, 0.3) is 0 Å². The van der Waals surface area contributed by atoms with Gasteiger partial charge in [-0.2, -0.15) is 4.31 Å². The predicted octanol–water partition coefficient (Wildman–Crippen LogP) is 3.48. The fourth-order valence-electron chi connectivity index (χ4n) is 3.23. The average molecular weight is 454 g/mol. The number of piperidine rings is 1. The zero-order chi connectivity index (χ0) is 21.9. The molecule has 1 aliphatic heterocycles. The molecule has 0 bridgehead atoms. The molecule has 1 saturated heterocycles. The van der Waals surface area contributed by atoms with Crippen molar-refractivity contribution in [3.63, 3.8) is 0 Å². The van der Waals surface area contributed by atoms with Gasteiger partial charge in [0.05, 0.1) is 9.92 Å². The molecule has 1 fully saturated rings. The largest absolute Gasteiger partial charge is 0.326 e. The molecule has 0 spiro atoms. The van der Waals surface area contributed by atoms with Gasteiger partial charge in [-0.25, -0.2) is 12.8 Å². The van der Waals surface area contributed by atoms with E-state index in [1.807, 2.05) is 0 Å². The minimum atomic E-state index is -3.81. The number of nitrogens with zero attached hydrogens (tertiary/aromatic N) is 1. The molecule has 1 heterocycles. The van der Waals surface area contributed by atoms with Gasteiger partial charge in [0.1, 0.15) is 5.82 Å². The molecule has 7 nitrogen and oxygen atoms in total. The lowest BCUT2D eigenvalue weighted by Gasteiger charge is -2.30. The van der Waals surface area contributed by atoms with Crippen LogP contribution in [-0.4, -0.2) is 37.6 Å². The highest BCUT2D eigenvalue weighted by Crippen LogP contribution is 2.27. The van der Waals surface area contributed by atoms with Crippen molar-refractivity contribution >= 4 is 44.8 Å². The molecule has 0 saturated carbocycles. The number of anilines is 2. The molecule has 160 valence electrons. The Balaban J connectivity index is 1.58. The molecule has 0 unspecified atom stereocenters. The Labute approximate surface area is 179 Å². The summed E-state index contributed by atoms with van der Waals surface area (Å²) in [7, 11) is -3.81. The first-order valence-electron chi connectivity index (χ1n) is 9.30. The van der Waals surface area contributed by atoms with Crippen LogP contribution < -0.4 is 10.6 Å². The highest BCUT2D eigenvalue weighted by Gasteiger charge is 2.32. The Morgan fingerprint density at radius 1 is 1.03 bits per heavy atom. The first kappa shape index (κ1) is 22.2. The Morgan fingerprint density at radius 2 is 1.60 bits per heavy atom. The predicted molar refractivity (Wildman–Crippen MR) is 112 cm³/mol. The summed E-state index contributed by atoms with van der Waals surface area (Å²) in [5, 5.41) is 5.20. The van der Waals surface area contributed by atoms with E-state index in [4.69, 9.17) is 11.6 Å². The van der Waals surface area contributed by atoms with Crippen molar-refractivity contribution in [1.82, 2.24) is 4.31 Å². The van der Waals surface area contributed by atoms with Gasteiger partial charge in [-0.3, -0.25) is 9.59 Å². The number of carbonyl (C=O) groups excluding carboxylic acids is 2. The number of sulfonamides is 1. The van der Waals surface area contributed by atoms with Crippen LogP contribution in [-0.2, 0) is 19.6 Å². The van der Waals surface area contributed by atoms with Crippen LogP contribution in [0.4, 0.5) is 15.8 Å². The number of benzene rings is 2. The lowest BCUT2D eigenvalue weighted by Crippen LogP contribution is -2.41. The van der Waals surface area contributed by atoms with Gasteiger partial charge in [-0.1, -0.05) is 11.6 Å². The second-order valence-corrected chi connectivity index (χ2v) is 9.35. The third-order valence-electron chi connectivity index (χ3n) is 4.83. The SMILES string of the molecule is CC(=O)Nc1ccc(NC(=O)C2CCN(S(=O)(=O)c3ccc(F)c(Cl)c3)CC2)cc1. The monoisotopic (exact) mass is 453 g/mol. The van der Waals surface area contributed by atoms with Gasteiger partial charge in [-0.15, -0.1) is 0 Å². The Kier molecular flexibility index (Phi) is 6.74. The second-order valence-electron chi connectivity index (χ2n) is 7.00. The molecule has 0 atom stereocenters. The smallest absolute Gasteiger partial charge is 0.243 e. The third kappa shape index (κ3) is 5.16. The van der Waals surface area contributed by atoms with E-state index in [1.165, 1.54) is 17.3 Å². The molecule has 2 aromatic carbocycles. The van der Waals surface area contributed by atoms with Gasteiger partial charge >= 0.3 is 0 Å². The molecule has 2 aromatic rings. The number of hydrogen-bond acceptors (Lipinski definition) is 4. The topological polar surface area (TPSA) is 95.6 Å². The first-order valence-corrected chi connectivity index (χ1v) is 11.1. The number of hydrogen-bond donors (Lipinski definition) is 2. The van der Waals surface area contributed by atoms with E-state index in [2.05, 4.69) is 10.6 Å². The number of halogens is 2. The second kappa shape index (κ2) is 9.11. The highest BCUT2D eigenvalue weighted by atomic mass is 35.5. The normalized spacial score (nSPS) is 15.6.